The van der Waals surface area contributed by atoms with E-state index in [0.717, 1.165) is 36.6 Å². The van der Waals surface area contributed by atoms with Crippen LogP contribution in [-0.2, 0) is 13.0 Å². The molecular formula is C26H36N2O2. The Labute approximate surface area is 181 Å². The first-order chi connectivity index (χ1) is 14.5. The van der Waals surface area contributed by atoms with Crippen LogP contribution in [0.4, 0.5) is 0 Å². The smallest absolute Gasteiger partial charge is 0.251 e. The summed E-state index contributed by atoms with van der Waals surface area (Å²) in [5, 5.41) is 3.04. The summed E-state index contributed by atoms with van der Waals surface area (Å²) in [4.78, 5) is 15.0. The van der Waals surface area contributed by atoms with Crippen LogP contribution in [0.25, 0.3) is 0 Å². The Kier molecular flexibility index (Phi) is 8.32. The van der Waals surface area contributed by atoms with Gasteiger partial charge in [-0.25, -0.2) is 0 Å². The lowest BCUT2D eigenvalue weighted by Gasteiger charge is -2.30. The van der Waals surface area contributed by atoms with E-state index in [9.17, 15) is 4.79 Å². The molecule has 1 atom stereocenters. The zero-order valence-electron chi connectivity index (χ0n) is 18.7. The van der Waals surface area contributed by atoms with E-state index in [2.05, 4.69) is 41.4 Å². The highest BCUT2D eigenvalue weighted by Crippen LogP contribution is 2.18. The molecule has 1 heterocycles. The van der Waals surface area contributed by atoms with Gasteiger partial charge in [-0.3, -0.25) is 9.69 Å². The first kappa shape index (κ1) is 22.4. The molecule has 1 aliphatic heterocycles. The number of rotatable bonds is 9. The Morgan fingerprint density at radius 1 is 1.17 bits per heavy atom. The maximum Gasteiger partial charge on any atom is 0.251 e. The number of nitrogens with zero attached hydrogens (tertiary/aromatic N) is 1. The standard InChI is InChI=1S/C26H36N2O2/c1-20(2)30-25-10-4-8-22(17-25)9-5-15-27-26(29)24-13-11-23(12-14-24)19-28-16-6-7-21(3)18-28/h4,8,10-14,17,20-21H,5-7,9,15-16,18-19H2,1-3H3,(H,27,29)/t21-/m0/s1. The minimum absolute atomic E-state index is 0.00466. The highest BCUT2D eigenvalue weighted by molar-refractivity contribution is 5.94. The van der Waals surface area contributed by atoms with Crippen LogP contribution in [-0.4, -0.2) is 36.5 Å². The van der Waals surface area contributed by atoms with E-state index in [1.165, 1.54) is 37.1 Å². The second kappa shape index (κ2) is 11.2. The lowest BCUT2D eigenvalue weighted by molar-refractivity contribution is 0.0953. The van der Waals surface area contributed by atoms with Crippen molar-refractivity contribution in [3.63, 3.8) is 0 Å². The zero-order valence-corrected chi connectivity index (χ0v) is 18.7. The predicted molar refractivity (Wildman–Crippen MR) is 123 cm³/mol. The molecule has 1 fully saturated rings. The fourth-order valence-electron chi connectivity index (χ4n) is 4.09. The molecule has 0 aliphatic carbocycles. The molecule has 1 aliphatic rings. The molecule has 4 nitrogen and oxygen atoms in total. The van der Waals surface area contributed by atoms with Crippen molar-refractivity contribution in [3.8, 4) is 5.75 Å². The summed E-state index contributed by atoms with van der Waals surface area (Å²) in [5.74, 6) is 1.70. The molecule has 0 aromatic heterocycles. The summed E-state index contributed by atoms with van der Waals surface area (Å²) in [5.41, 5.74) is 3.25. The van der Waals surface area contributed by atoms with Crippen LogP contribution >= 0.6 is 0 Å². The number of nitrogens with one attached hydrogen (secondary N) is 1. The van der Waals surface area contributed by atoms with Gasteiger partial charge >= 0.3 is 0 Å². The fourth-order valence-corrected chi connectivity index (χ4v) is 4.09. The Bertz CT molecular complexity index is 801. The van der Waals surface area contributed by atoms with E-state index < -0.39 is 0 Å². The number of ether oxygens (including phenoxy) is 1. The summed E-state index contributed by atoms with van der Waals surface area (Å²) >= 11 is 0. The molecule has 4 heteroatoms. The molecule has 162 valence electrons. The van der Waals surface area contributed by atoms with Gasteiger partial charge in [0, 0.05) is 25.2 Å². The minimum atomic E-state index is 0.00466. The third-order valence-electron chi connectivity index (χ3n) is 5.56. The molecule has 1 amide bonds. The van der Waals surface area contributed by atoms with Crippen LogP contribution in [0.1, 0.15) is 61.5 Å². The van der Waals surface area contributed by atoms with Crippen LogP contribution in [0.5, 0.6) is 5.75 Å². The summed E-state index contributed by atoms with van der Waals surface area (Å²) < 4.78 is 5.75. The van der Waals surface area contributed by atoms with Gasteiger partial charge in [-0.2, -0.15) is 0 Å². The first-order valence-corrected chi connectivity index (χ1v) is 11.3. The van der Waals surface area contributed by atoms with Gasteiger partial charge in [0.15, 0.2) is 0 Å². The Balaban J connectivity index is 1.40. The lowest BCUT2D eigenvalue weighted by atomic mass is 9.99. The third kappa shape index (κ3) is 7.17. The highest BCUT2D eigenvalue weighted by atomic mass is 16.5. The average Bonchev–Trinajstić information content (AvgIpc) is 2.71. The van der Waals surface area contributed by atoms with Gasteiger partial charge in [0.2, 0.25) is 0 Å². The van der Waals surface area contributed by atoms with Crippen LogP contribution < -0.4 is 10.1 Å². The van der Waals surface area contributed by atoms with Crippen molar-refractivity contribution in [2.24, 2.45) is 5.92 Å². The van der Waals surface area contributed by atoms with Crippen LogP contribution in [0, 0.1) is 5.92 Å². The zero-order chi connectivity index (χ0) is 21.3. The number of piperidine rings is 1. The number of carbonyl (C=O) groups is 1. The number of aryl methyl sites for hydroxylation is 1. The minimum Gasteiger partial charge on any atom is -0.491 e. The fraction of sp³-hybridized carbons (Fsp3) is 0.500. The number of benzene rings is 2. The second-order valence-corrected chi connectivity index (χ2v) is 8.85. The van der Waals surface area contributed by atoms with Gasteiger partial charge in [0.25, 0.3) is 5.91 Å². The van der Waals surface area contributed by atoms with Crippen LogP contribution in [0.2, 0.25) is 0 Å². The van der Waals surface area contributed by atoms with E-state index in [0.29, 0.717) is 6.54 Å². The number of hydrogen-bond acceptors (Lipinski definition) is 3. The quantitative estimate of drug-likeness (QED) is 0.589. The number of likely N-dealkylation sites (tertiary alicyclic amines) is 1. The molecule has 0 spiro atoms. The largest absolute Gasteiger partial charge is 0.491 e. The van der Waals surface area contributed by atoms with Gasteiger partial charge in [-0.1, -0.05) is 31.2 Å². The van der Waals surface area contributed by atoms with Crippen LogP contribution in [0.15, 0.2) is 48.5 Å². The molecule has 1 N–H and O–H groups in total. The maximum absolute atomic E-state index is 12.4. The Morgan fingerprint density at radius 2 is 1.97 bits per heavy atom. The molecule has 3 rings (SSSR count). The van der Waals surface area contributed by atoms with Gasteiger partial charge < -0.3 is 10.1 Å². The average molecular weight is 409 g/mol. The van der Waals surface area contributed by atoms with Crippen LogP contribution in [0.3, 0.4) is 0 Å². The maximum atomic E-state index is 12.4. The van der Waals surface area contributed by atoms with E-state index in [-0.39, 0.29) is 12.0 Å². The predicted octanol–water partition coefficient (Wildman–Crippen LogP) is 5.07. The van der Waals surface area contributed by atoms with Crippen molar-refractivity contribution in [2.45, 2.75) is 59.1 Å². The van der Waals surface area contributed by atoms with Crippen molar-refractivity contribution in [1.82, 2.24) is 10.2 Å². The molecule has 2 aromatic carbocycles. The number of carbonyl (C=O) groups excluding carboxylic acids is 1. The second-order valence-electron chi connectivity index (χ2n) is 8.85. The molecule has 1 saturated heterocycles. The molecule has 0 unspecified atom stereocenters. The van der Waals surface area contributed by atoms with Gasteiger partial charge in [-0.15, -0.1) is 0 Å². The van der Waals surface area contributed by atoms with Gasteiger partial charge in [-0.05, 0) is 87.4 Å². The summed E-state index contributed by atoms with van der Waals surface area (Å²) in [6.07, 6.45) is 4.63. The molecule has 0 saturated carbocycles. The van der Waals surface area contributed by atoms with Gasteiger partial charge in [0.05, 0.1) is 6.10 Å². The van der Waals surface area contributed by atoms with Crippen molar-refractivity contribution in [2.75, 3.05) is 19.6 Å². The lowest BCUT2D eigenvalue weighted by Crippen LogP contribution is -2.33. The normalized spacial score (nSPS) is 17.1. The molecule has 2 aromatic rings. The van der Waals surface area contributed by atoms with E-state index in [4.69, 9.17) is 4.74 Å². The molecule has 0 radical (unpaired) electrons. The highest BCUT2D eigenvalue weighted by Gasteiger charge is 2.16. The Hall–Kier alpha value is -2.33. The van der Waals surface area contributed by atoms with E-state index >= 15 is 0 Å². The number of amides is 1. The van der Waals surface area contributed by atoms with Crippen molar-refractivity contribution < 1.29 is 9.53 Å². The van der Waals surface area contributed by atoms with Crippen molar-refractivity contribution in [1.29, 1.82) is 0 Å². The monoisotopic (exact) mass is 408 g/mol. The summed E-state index contributed by atoms with van der Waals surface area (Å²) in [7, 11) is 0. The third-order valence-corrected chi connectivity index (χ3v) is 5.56. The SMILES string of the molecule is CC(C)Oc1cccc(CCCNC(=O)c2ccc(CN3CCC[C@H](C)C3)cc2)c1. The van der Waals surface area contributed by atoms with Gasteiger partial charge in [0.1, 0.15) is 5.75 Å². The topological polar surface area (TPSA) is 41.6 Å². The number of hydrogen-bond donors (Lipinski definition) is 1. The van der Waals surface area contributed by atoms with E-state index in [1.807, 2.05) is 38.1 Å². The van der Waals surface area contributed by atoms with Crippen molar-refractivity contribution >= 4 is 5.91 Å². The summed E-state index contributed by atoms with van der Waals surface area (Å²) in [6, 6.07) is 16.3. The first-order valence-electron chi connectivity index (χ1n) is 11.3. The molecular weight excluding hydrogens is 372 g/mol. The van der Waals surface area contributed by atoms with Crippen molar-refractivity contribution in [3.05, 3.63) is 65.2 Å². The molecule has 30 heavy (non-hydrogen) atoms. The summed E-state index contributed by atoms with van der Waals surface area (Å²) in [6.45, 7) is 10.4. The van der Waals surface area contributed by atoms with E-state index in [1.54, 1.807) is 0 Å². The Morgan fingerprint density at radius 3 is 2.70 bits per heavy atom. The molecule has 0 bridgehead atoms.